The molecular weight excluding hydrogens is 166 g/mol. The van der Waals surface area contributed by atoms with Gasteiger partial charge in [0.25, 0.3) is 5.69 Å². The van der Waals surface area contributed by atoms with Crippen LogP contribution < -0.4 is 0 Å². The minimum absolute atomic E-state index is 0.174. The molecule has 0 N–H and O–H groups in total. The Kier molecular flexibility index (Phi) is 3.01. The summed E-state index contributed by atoms with van der Waals surface area (Å²) in [6.07, 6.45) is 1.57. The van der Waals surface area contributed by atoms with E-state index < -0.39 is 0 Å². The van der Waals surface area contributed by atoms with Gasteiger partial charge in [-0.2, -0.15) is 0 Å². The molecule has 13 heavy (non-hydrogen) atoms. The second kappa shape index (κ2) is 4.03. The Morgan fingerprint density at radius 1 is 1.31 bits per heavy atom. The molecule has 0 heterocycles. The van der Waals surface area contributed by atoms with E-state index in [4.69, 9.17) is 0 Å². The maximum absolute atomic E-state index is 10.5. The van der Waals surface area contributed by atoms with Crippen molar-refractivity contribution in [2.75, 3.05) is 0 Å². The van der Waals surface area contributed by atoms with Crippen LogP contribution >= 0.6 is 0 Å². The minimum atomic E-state index is -0.355. The molecule has 69 valence electrons. The molecule has 1 rings (SSSR count). The lowest BCUT2D eigenvalue weighted by molar-refractivity contribution is -0.385. The van der Waals surface area contributed by atoms with Gasteiger partial charge in [-0.05, 0) is 30.0 Å². The molecule has 3 heteroatoms. The molecule has 3 nitrogen and oxygen atoms in total. The number of nitro benzene ring substituents is 1. The van der Waals surface area contributed by atoms with Gasteiger partial charge in [0.2, 0.25) is 0 Å². The van der Waals surface area contributed by atoms with Crippen LogP contribution in [0.15, 0.2) is 12.1 Å². The summed E-state index contributed by atoms with van der Waals surface area (Å²) in [5, 5.41) is 10.5. The number of benzene rings is 1. The Hall–Kier alpha value is -1.38. The highest BCUT2D eigenvalue weighted by Crippen LogP contribution is 2.17. The van der Waals surface area contributed by atoms with E-state index in [1.54, 1.807) is 12.1 Å². The number of hydrogen-bond donors (Lipinski definition) is 0. The third-order valence-corrected chi connectivity index (χ3v) is 1.94. The maximum Gasteiger partial charge on any atom is 0.270 e. The number of aryl methyl sites for hydroxylation is 2. The van der Waals surface area contributed by atoms with Crippen LogP contribution in [-0.2, 0) is 12.8 Å². The highest BCUT2D eigenvalue weighted by atomic mass is 16.6. The maximum atomic E-state index is 10.5. The van der Waals surface area contributed by atoms with E-state index in [1.165, 1.54) is 0 Å². The summed E-state index contributed by atoms with van der Waals surface area (Å²) in [7, 11) is 0. The molecule has 1 aromatic rings. The fourth-order valence-electron chi connectivity index (χ4n) is 1.16. The van der Waals surface area contributed by atoms with E-state index in [-0.39, 0.29) is 10.6 Å². The number of rotatable bonds is 3. The van der Waals surface area contributed by atoms with E-state index in [0.29, 0.717) is 0 Å². The second-order valence-electron chi connectivity index (χ2n) is 2.85. The Balaban J connectivity index is 3.14. The van der Waals surface area contributed by atoms with E-state index in [0.717, 1.165) is 24.0 Å². The molecular formula is C10H12NO2. The molecule has 0 spiro atoms. The molecule has 0 unspecified atom stereocenters. The van der Waals surface area contributed by atoms with Crippen molar-refractivity contribution in [3.63, 3.8) is 0 Å². The first-order valence-corrected chi connectivity index (χ1v) is 4.36. The molecule has 0 bridgehead atoms. The van der Waals surface area contributed by atoms with Crippen molar-refractivity contribution in [2.24, 2.45) is 0 Å². The monoisotopic (exact) mass is 178 g/mol. The van der Waals surface area contributed by atoms with Gasteiger partial charge in [0.05, 0.1) is 4.92 Å². The lowest BCUT2D eigenvalue weighted by Crippen LogP contribution is -1.93. The number of nitro groups is 1. The summed E-state index contributed by atoms with van der Waals surface area (Å²) in [4.78, 5) is 10.2. The quantitative estimate of drug-likeness (QED) is 0.527. The van der Waals surface area contributed by atoms with E-state index in [9.17, 15) is 10.1 Å². The summed E-state index contributed by atoms with van der Waals surface area (Å²) in [6.45, 7) is 3.93. The van der Waals surface area contributed by atoms with Crippen molar-refractivity contribution in [1.29, 1.82) is 0 Å². The zero-order valence-electron chi connectivity index (χ0n) is 7.83. The van der Waals surface area contributed by atoms with Crippen LogP contribution in [0.2, 0.25) is 0 Å². The van der Waals surface area contributed by atoms with Gasteiger partial charge in [-0.1, -0.05) is 13.8 Å². The van der Waals surface area contributed by atoms with Crippen molar-refractivity contribution in [3.8, 4) is 0 Å². The van der Waals surface area contributed by atoms with Crippen LogP contribution in [0.4, 0.5) is 5.69 Å². The minimum Gasteiger partial charge on any atom is -0.258 e. The van der Waals surface area contributed by atoms with Gasteiger partial charge in [-0.15, -0.1) is 0 Å². The number of nitrogens with zero attached hydrogens (tertiary/aromatic N) is 1. The van der Waals surface area contributed by atoms with Crippen LogP contribution in [-0.4, -0.2) is 4.92 Å². The van der Waals surface area contributed by atoms with Gasteiger partial charge in [0.1, 0.15) is 0 Å². The van der Waals surface area contributed by atoms with Crippen molar-refractivity contribution in [3.05, 3.63) is 39.4 Å². The van der Waals surface area contributed by atoms with E-state index >= 15 is 0 Å². The first-order chi connectivity index (χ1) is 6.17. The molecule has 0 saturated heterocycles. The predicted molar refractivity (Wildman–Crippen MR) is 50.7 cm³/mol. The molecule has 0 aliphatic heterocycles. The summed E-state index contributed by atoms with van der Waals surface area (Å²) in [6, 6.07) is 6.30. The molecule has 0 atom stereocenters. The van der Waals surface area contributed by atoms with Crippen molar-refractivity contribution < 1.29 is 4.92 Å². The third-order valence-electron chi connectivity index (χ3n) is 1.94. The van der Waals surface area contributed by atoms with Crippen LogP contribution in [0, 0.1) is 16.2 Å². The molecule has 0 fully saturated rings. The van der Waals surface area contributed by atoms with Crippen molar-refractivity contribution in [2.45, 2.75) is 26.7 Å². The average Bonchev–Trinajstić information content (AvgIpc) is 2.16. The fourth-order valence-corrected chi connectivity index (χ4v) is 1.16. The lowest BCUT2D eigenvalue weighted by Gasteiger charge is -2.00. The van der Waals surface area contributed by atoms with Crippen LogP contribution in [0.3, 0.4) is 0 Å². The summed E-state index contributed by atoms with van der Waals surface area (Å²) in [5.74, 6) is 0. The zero-order chi connectivity index (χ0) is 9.84. The molecule has 0 aliphatic carbocycles. The van der Waals surface area contributed by atoms with Gasteiger partial charge < -0.3 is 0 Å². The predicted octanol–water partition coefficient (Wildman–Crippen LogP) is 2.52. The van der Waals surface area contributed by atoms with E-state index in [2.05, 4.69) is 6.07 Å². The first-order valence-electron chi connectivity index (χ1n) is 4.36. The topological polar surface area (TPSA) is 43.1 Å². The van der Waals surface area contributed by atoms with Crippen LogP contribution in [0.1, 0.15) is 25.0 Å². The van der Waals surface area contributed by atoms with Crippen LogP contribution in [0.25, 0.3) is 0 Å². The number of non-ortho nitro benzene ring substituents is 1. The molecule has 1 radical (unpaired) electrons. The highest BCUT2D eigenvalue weighted by Gasteiger charge is 2.07. The molecule has 0 amide bonds. The highest BCUT2D eigenvalue weighted by molar-refractivity contribution is 5.38. The lowest BCUT2D eigenvalue weighted by atomic mass is 10.1. The van der Waals surface area contributed by atoms with Gasteiger partial charge in [0, 0.05) is 12.1 Å². The smallest absolute Gasteiger partial charge is 0.258 e. The normalized spacial score (nSPS) is 10.0. The van der Waals surface area contributed by atoms with Crippen molar-refractivity contribution in [1.82, 2.24) is 0 Å². The van der Waals surface area contributed by atoms with Gasteiger partial charge >= 0.3 is 0 Å². The molecule has 0 aliphatic rings. The molecule has 1 aromatic carbocycles. The number of hydrogen-bond acceptors (Lipinski definition) is 2. The summed E-state index contributed by atoms with van der Waals surface area (Å²) < 4.78 is 0. The Morgan fingerprint density at radius 2 is 1.77 bits per heavy atom. The van der Waals surface area contributed by atoms with Crippen LogP contribution in [0.5, 0.6) is 0 Å². The Morgan fingerprint density at radius 3 is 2.08 bits per heavy atom. The zero-order valence-corrected chi connectivity index (χ0v) is 7.83. The Bertz CT molecular complexity index is 298. The standard InChI is InChI=1S/C10H12NO2/c1-3-8-5-9(4-2)7-10(6-8)11(12)13/h6-7H,3-4H2,1-2H3. The van der Waals surface area contributed by atoms with Crippen molar-refractivity contribution >= 4 is 5.69 Å². The summed E-state index contributed by atoms with van der Waals surface area (Å²) >= 11 is 0. The van der Waals surface area contributed by atoms with Gasteiger partial charge in [0.15, 0.2) is 0 Å². The second-order valence-corrected chi connectivity index (χ2v) is 2.85. The first kappa shape index (κ1) is 9.71. The van der Waals surface area contributed by atoms with Gasteiger partial charge in [-0.25, -0.2) is 0 Å². The average molecular weight is 178 g/mol. The molecule has 0 aromatic heterocycles. The summed E-state index contributed by atoms with van der Waals surface area (Å²) in [5.41, 5.74) is 1.99. The fraction of sp³-hybridized carbons (Fsp3) is 0.400. The van der Waals surface area contributed by atoms with Gasteiger partial charge in [-0.3, -0.25) is 10.1 Å². The third kappa shape index (κ3) is 2.28. The van der Waals surface area contributed by atoms with E-state index in [1.807, 2.05) is 13.8 Å². The molecule has 0 saturated carbocycles. The SMILES string of the molecule is CCc1[c]c(CC)cc([N+](=O)[O-])c1. The Labute approximate surface area is 77.5 Å². The largest absolute Gasteiger partial charge is 0.270 e.